The van der Waals surface area contributed by atoms with E-state index in [9.17, 15) is 18.0 Å². The van der Waals surface area contributed by atoms with Crippen LogP contribution in [0.1, 0.15) is 43.7 Å². The molecule has 0 unspecified atom stereocenters. The molecular weight excluding hydrogens is 614 g/mol. The first-order chi connectivity index (χ1) is 19.0. The van der Waals surface area contributed by atoms with E-state index in [0.29, 0.717) is 10.7 Å². The van der Waals surface area contributed by atoms with E-state index in [2.05, 4.69) is 21.2 Å². The molecule has 10 heteroatoms. The van der Waals surface area contributed by atoms with Crippen LogP contribution in [-0.2, 0) is 26.2 Å². The van der Waals surface area contributed by atoms with Crippen LogP contribution in [0, 0.1) is 6.92 Å². The van der Waals surface area contributed by atoms with Crippen LogP contribution in [0.2, 0.25) is 5.02 Å². The van der Waals surface area contributed by atoms with Crippen molar-refractivity contribution < 1.29 is 18.0 Å². The van der Waals surface area contributed by atoms with Crippen molar-refractivity contribution in [1.29, 1.82) is 0 Å². The molecular formula is C30H33BrClN3O4S. The fourth-order valence-electron chi connectivity index (χ4n) is 4.73. The summed E-state index contributed by atoms with van der Waals surface area (Å²) >= 11 is 9.43. The second kappa shape index (κ2) is 13.2. The first-order valence-electron chi connectivity index (χ1n) is 13.2. The van der Waals surface area contributed by atoms with Crippen molar-refractivity contribution in [3.63, 3.8) is 0 Å². The zero-order chi connectivity index (χ0) is 28.9. The summed E-state index contributed by atoms with van der Waals surface area (Å²) < 4.78 is 29.7. The summed E-state index contributed by atoms with van der Waals surface area (Å²) in [4.78, 5) is 28.7. The number of nitrogens with one attached hydrogen (secondary N) is 1. The third-order valence-corrected chi connectivity index (χ3v) is 9.71. The first kappa shape index (κ1) is 30.1. The second-order valence-corrected chi connectivity index (χ2v) is 13.3. The summed E-state index contributed by atoms with van der Waals surface area (Å²) in [6, 6.07) is 19.5. The average Bonchev–Trinajstić information content (AvgIpc) is 3.44. The summed E-state index contributed by atoms with van der Waals surface area (Å²) in [6.45, 7) is 3.25. The summed E-state index contributed by atoms with van der Waals surface area (Å²) in [6.07, 6.45) is 3.96. The van der Waals surface area contributed by atoms with E-state index in [1.165, 1.54) is 29.2 Å². The maximum Gasteiger partial charge on any atom is 0.264 e. The number of rotatable bonds is 10. The van der Waals surface area contributed by atoms with Crippen LogP contribution < -0.4 is 9.62 Å². The molecule has 1 N–H and O–H groups in total. The van der Waals surface area contributed by atoms with Gasteiger partial charge in [0.1, 0.15) is 12.6 Å². The Morgan fingerprint density at radius 2 is 1.57 bits per heavy atom. The van der Waals surface area contributed by atoms with E-state index in [4.69, 9.17) is 11.6 Å². The molecule has 0 bridgehead atoms. The minimum atomic E-state index is -4.13. The Kier molecular flexibility index (Phi) is 9.92. The van der Waals surface area contributed by atoms with Crippen molar-refractivity contribution >= 4 is 55.1 Å². The van der Waals surface area contributed by atoms with Crippen LogP contribution in [0.5, 0.6) is 0 Å². The molecule has 0 radical (unpaired) electrons. The number of benzene rings is 3. The molecule has 40 heavy (non-hydrogen) atoms. The summed E-state index contributed by atoms with van der Waals surface area (Å²) in [5.74, 6) is -0.741. The van der Waals surface area contributed by atoms with Crippen molar-refractivity contribution in [2.75, 3.05) is 10.8 Å². The minimum absolute atomic E-state index is 0.0109. The molecule has 1 atom stereocenters. The Labute approximate surface area is 249 Å². The molecule has 4 rings (SSSR count). The summed E-state index contributed by atoms with van der Waals surface area (Å²) in [5.41, 5.74) is 2.12. The second-order valence-electron chi connectivity index (χ2n) is 10.1. The predicted molar refractivity (Wildman–Crippen MR) is 162 cm³/mol. The number of carbonyl (C=O) groups excluding carboxylic acids is 2. The van der Waals surface area contributed by atoms with Crippen molar-refractivity contribution in [3.8, 4) is 0 Å². The number of nitrogens with zero attached hydrogens (tertiary/aromatic N) is 2. The van der Waals surface area contributed by atoms with Gasteiger partial charge in [-0.1, -0.05) is 70.2 Å². The molecule has 2 amide bonds. The Morgan fingerprint density at radius 3 is 2.17 bits per heavy atom. The van der Waals surface area contributed by atoms with Gasteiger partial charge in [-0.3, -0.25) is 13.9 Å². The number of amides is 2. The standard InChI is InChI=1S/C30H33BrClN3O4S/c1-21-7-15-27(16-8-21)35(40(38,39)28-17-13-25(32)14-18-28)20-29(36)34(19-23-9-11-24(31)12-10-23)22(2)30(37)33-26-5-3-4-6-26/h7-18,22,26H,3-6,19-20H2,1-2H3,(H,33,37)/t22-/m1/s1. The van der Waals surface area contributed by atoms with Gasteiger partial charge in [0.05, 0.1) is 10.6 Å². The topological polar surface area (TPSA) is 86.8 Å². The van der Waals surface area contributed by atoms with E-state index in [1.54, 1.807) is 31.2 Å². The smallest absolute Gasteiger partial charge is 0.264 e. The average molecular weight is 647 g/mol. The number of carbonyl (C=O) groups is 2. The van der Waals surface area contributed by atoms with Crippen molar-refractivity contribution in [2.24, 2.45) is 0 Å². The van der Waals surface area contributed by atoms with E-state index in [-0.39, 0.29) is 23.4 Å². The lowest BCUT2D eigenvalue weighted by molar-refractivity contribution is -0.139. The lowest BCUT2D eigenvalue weighted by Crippen LogP contribution is -2.52. The Morgan fingerprint density at radius 1 is 0.975 bits per heavy atom. The Balaban J connectivity index is 1.67. The molecule has 7 nitrogen and oxygen atoms in total. The predicted octanol–water partition coefficient (Wildman–Crippen LogP) is 6.08. The molecule has 1 saturated carbocycles. The quantitative estimate of drug-likeness (QED) is 0.289. The van der Waals surface area contributed by atoms with Gasteiger partial charge in [0.2, 0.25) is 11.8 Å². The zero-order valence-electron chi connectivity index (χ0n) is 22.5. The molecule has 3 aromatic rings. The number of sulfonamides is 1. The molecule has 0 aliphatic heterocycles. The maximum absolute atomic E-state index is 14.0. The van der Waals surface area contributed by atoms with Crippen LogP contribution in [0.4, 0.5) is 5.69 Å². The molecule has 1 aliphatic rings. The van der Waals surface area contributed by atoms with Crippen LogP contribution >= 0.6 is 27.5 Å². The van der Waals surface area contributed by atoms with Gasteiger partial charge in [0.15, 0.2) is 0 Å². The van der Waals surface area contributed by atoms with Gasteiger partial charge < -0.3 is 10.2 Å². The number of hydrogen-bond donors (Lipinski definition) is 1. The molecule has 0 spiro atoms. The third kappa shape index (κ3) is 7.44. The fraction of sp³-hybridized carbons (Fsp3) is 0.333. The van der Waals surface area contributed by atoms with E-state index < -0.39 is 28.5 Å². The number of hydrogen-bond acceptors (Lipinski definition) is 4. The van der Waals surface area contributed by atoms with E-state index in [0.717, 1.165) is 45.6 Å². The molecule has 212 valence electrons. The van der Waals surface area contributed by atoms with E-state index in [1.807, 2.05) is 31.2 Å². The van der Waals surface area contributed by atoms with Crippen LogP contribution in [-0.4, -0.2) is 43.8 Å². The summed E-state index contributed by atoms with van der Waals surface area (Å²) in [5, 5.41) is 3.48. The van der Waals surface area contributed by atoms with Gasteiger partial charge in [-0.05, 0) is 80.8 Å². The third-order valence-electron chi connectivity index (χ3n) is 7.14. The number of aryl methyl sites for hydroxylation is 1. The van der Waals surface area contributed by atoms with Gasteiger partial charge in [-0.2, -0.15) is 0 Å². The summed E-state index contributed by atoms with van der Waals surface area (Å²) in [7, 11) is -4.13. The van der Waals surface area contributed by atoms with Crippen molar-refractivity contribution in [2.45, 2.75) is 63.1 Å². The van der Waals surface area contributed by atoms with Crippen LogP contribution in [0.25, 0.3) is 0 Å². The number of anilines is 1. The number of halogens is 2. The van der Waals surface area contributed by atoms with Crippen molar-refractivity contribution in [1.82, 2.24) is 10.2 Å². The highest BCUT2D eigenvalue weighted by molar-refractivity contribution is 9.10. The SMILES string of the molecule is Cc1ccc(N(CC(=O)N(Cc2ccc(Br)cc2)[C@H](C)C(=O)NC2CCCC2)S(=O)(=O)c2ccc(Cl)cc2)cc1. The normalized spacial score (nSPS) is 14.5. The monoisotopic (exact) mass is 645 g/mol. The minimum Gasteiger partial charge on any atom is -0.352 e. The molecule has 1 aliphatic carbocycles. The van der Waals surface area contributed by atoms with Gasteiger partial charge >= 0.3 is 0 Å². The van der Waals surface area contributed by atoms with E-state index >= 15 is 0 Å². The van der Waals surface area contributed by atoms with Crippen molar-refractivity contribution in [3.05, 3.63) is 93.4 Å². The lowest BCUT2D eigenvalue weighted by atomic mass is 10.1. The fourth-order valence-corrected chi connectivity index (χ4v) is 6.54. The molecule has 0 saturated heterocycles. The maximum atomic E-state index is 14.0. The zero-order valence-corrected chi connectivity index (χ0v) is 25.7. The highest BCUT2D eigenvalue weighted by Crippen LogP contribution is 2.26. The Bertz CT molecular complexity index is 1430. The molecule has 0 aromatic heterocycles. The molecule has 0 heterocycles. The highest BCUT2D eigenvalue weighted by Gasteiger charge is 2.33. The largest absolute Gasteiger partial charge is 0.352 e. The van der Waals surface area contributed by atoms with Gasteiger partial charge in [-0.25, -0.2) is 8.42 Å². The Hall–Kier alpha value is -2.88. The first-order valence-corrected chi connectivity index (χ1v) is 15.8. The molecule has 1 fully saturated rings. The van der Waals surface area contributed by atoms with Gasteiger partial charge in [0, 0.05) is 22.1 Å². The van der Waals surface area contributed by atoms with Gasteiger partial charge in [-0.15, -0.1) is 0 Å². The van der Waals surface area contributed by atoms with Crippen LogP contribution in [0.15, 0.2) is 82.2 Å². The van der Waals surface area contributed by atoms with Crippen LogP contribution in [0.3, 0.4) is 0 Å². The van der Waals surface area contributed by atoms with Gasteiger partial charge in [0.25, 0.3) is 10.0 Å². The molecule has 3 aromatic carbocycles. The lowest BCUT2D eigenvalue weighted by Gasteiger charge is -2.32. The highest BCUT2D eigenvalue weighted by atomic mass is 79.9.